The van der Waals surface area contributed by atoms with Crippen LogP contribution >= 0.6 is 16.5 Å². The second kappa shape index (κ2) is 8.16. The van der Waals surface area contributed by atoms with Crippen LogP contribution in [0.3, 0.4) is 0 Å². The molecule has 0 fully saturated rings. The topological polar surface area (TPSA) is 113 Å². The van der Waals surface area contributed by atoms with Gasteiger partial charge < -0.3 is 5.11 Å². The first-order valence-electron chi connectivity index (χ1n) is 5.18. The van der Waals surface area contributed by atoms with E-state index in [0.717, 1.165) is 12.8 Å². The van der Waals surface area contributed by atoms with Crippen LogP contribution < -0.4 is 0 Å². The van der Waals surface area contributed by atoms with Crippen LogP contribution in [0.1, 0.15) is 39.5 Å². The summed E-state index contributed by atoms with van der Waals surface area (Å²) >= 11 is 0. The minimum atomic E-state index is -3.12. The molecule has 0 heterocycles. The number of aliphatic hydroxyl groups is 1. The summed E-state index contributed by atoms with van der Waals surface area (Å²) in [6.07, 6.45) is 1.95. The molecule has 0 aromatic heterocycles. The van der Waals surface area contributed by atoms with Gasteiger partial charge in [-0.05, 0) is 21.4 Å². The van der Waals surface area contributed by atoms with Gasteiger partial charge >= 0.3 is 22.5 Å². The van der Waals surface area contributed by atoms with Crippen LogP contribution in [0.5, 0.6) is 0 Å². The van der Waals surface area contributed by atoms with Gasteiger partial charge in [0.05, 0.1) is 0 Å². The van der Waals surface area contributed by atoms with Gasteiger partial charge in [0.15, 0.2) is 0 Å². The van der Waals surface area contributed by atoms with E-state index in [4.69, 9.17) is 9.79 Å². The zero-order valence-electron chi connectivity index (χ0n) is 9.77. The summed E-state index contributed by atoms with van der Waals surface area (Å²) in [7, 11) is -6.23. The molecule has 0 bridgehead atoms. The van der Waals surface area contributed by atoms with Crippen LogP contribution in [0, 0.1) is 5.92 Å². The van der Waals surface area contributed by atoms with Gasteiger partial charge in [0, 0.05) is 15.6 Å². The molecule has 7 nitrogen and oxygen atoms in total. The lowest BCUT2D eigenvalue weighted by atomic mass is 10.1. The number of hydrogen-bond donors (Lipinski definition) is 3. The van der Waals surface area contributed by atoms with E-state index in [-0.39, 0.29) is 6.42 Å². The fourth-order valence-corrected chi connectivity index (χ4v) is 2.06. The van der Waals surface area contributed by atoms with E-state index in [1.165, 1.54) is 0 Å². The van der Waals surface area contributed by atoms with Crippen molar-refractivity contribution in [1.82, 2.24) is 0 Å². The Morgan fingerprint density at radius 3 is 1.94 bits per heavy atom. The third kappa shape index (κ3) is 9.68. The number of hydrogen-bond acceptors (Lipinski definition) is 5. The second-order valence-electron chi connectivity index (χ2n) is 4.01. The van der Waals surface area contributed by atoms with Crippen molar-refractivity contribution in [2.75, 3.05) is 0 Å². The average molecular weight is 288 g/mol. The van der Waals surface area contributed by atoms with Gasteiger partial charge in [-0.3, -0.25) is 0 Å². The monoisotopic (exact) mass is 288 g/mol. The van der Waals surface area contributed by atoms with E-state index in [0.29, 0.717) is 12.3 Å². The number of rotatable bonds is 9. The van der Waals surface area contributed by atoms with Crippen molar-refractivity contribution < 1.29 is 33.1 Å². The van der Waals surface area contributed by atoms with Gasteiger partial charge in [0.1, 0.15) is 0 Å². The lowest BCUT2D eigenvalue weighted by Crippen LogP contribution is -2.31. The molecule has 0 aromatic rings. The van der Waals surface area contributed by atoms with E-state index in [1.807, 2.05) is 13.8 Å². The molecule has 0 radical (unpaired) electrons. The Morgan fingerprint density at radius 1 is 1.12 bits per heavy atom. The predicted molar refractivity (Wildman–Crippen MR) is 60.1 cm³/mol. The third-order valence-corrected chi connectivity index (χ3v) is 2.85. The van der Waals surface area contributed by atoms with E-state index in [1.54, 1.807) is 0 Å². The molecule has 17 heavy (non-hydrogen) atoms. The van der Waals surface area contributed by atoms with Crippen molar-refractivity contribution in [3.8, 4) is 0 Å². The van der Waals surface area contributed by atoms with Gasteiger partial charge in [-0.1, -0.05) is 26.7 Å². The van der Waals surface area contributed by atoms with Gasteiger partial charge in [-0.2, -0.15) is 0 Å². The quantitative estimate of drug-likeness (QED) is 0.338. The Balaban J connectivity index is 4.18. The molecule has 2 atom stereocenters. The van der Waals surface area contributed by atoms with Crippen molar-refractivity contribution in [3.63, 3.8) is 0 Å². The fourth-order valence-electron chi connectivity index (χ4n) is 1.25. The van der Waals surface area contributed by atoms with Gasteiger partial charge in [-0.25, -0.2) is 0 Å². The minimum absolute atomic E-state index is 0.150. The smallest absolute Gasteiger partial charge is 0.337 e. The maximum Gasteiger partial charge on any atom is 0.700 e. The molecule has 0 saturated carbocycles. The summed E-state index contributed by atoms with van der Waals surface area (Å²) in [4.78, 5) is 17.0. The molecule has 100 valence electrons. The maximum atomic E-state index is 10.4. The Morgan fingerprint density at radius 2 is 1.59 bits per heavy atom. The Bertz CT molecular complexity index is 253. The SMILES string of the molecule is CC(C)CCCCC(O)(O[P+](=O)O)O[P+](=O)O. The maximum absolute atomic E-state index is 10.4. The molecular weight excluding hydrogens is 270 g/mol. The zero-order valence-corrected chi connectivity index (χ0v) is 11.6. The van der Waals surface area contributed by atoms with Gasteiger partial charge in [0.2, 0.25) is 0 Å². The molecule has 2 unspecified atom stereocenters. The zero-order chi connectivity index (χ0) is 13.5. The molecule has 0 rings (SSSR count). The van der Waals surface area contributed by atoms with Crippen LogP contribution in [-0.2, 0) is 18.2 Å². The van der Waals surface area contributed by atoms with E-state index in [2.05, 4.69) is 9.05 Å². The molecule has 0 aliphatic heterocycles. The van der Waals surface area contributed by atoms with Crippen molar-refractivity contribution in [2.45, 2.75) is 45.5 Å². The Labute approximate surface area is 102 Å². The first-order chi connectivity index (χ1) is 7.75. The standard InChI is InChI=1S/C8H16O7P2/c1-7(2)5-3-4-6-8(9,14-16(10)11)15-17(12)13/h7,9H,3-6H2,1-2H3/p+2. The van der Waals surface area contributed by atoms with E-state index >= 15 is 0 Å². The van der Waals surface area contributed by atoms with Crippen molar-refractivity contribution in [1.29, 1.82) is 0 Å². The second-order valence-corrected chi connectivity index (χ2v) is 5.33. The minimum Gasteiger partial charge on any atom is -0.337 e. The average Bonchev–Trinajstić information content (AvgIpc) is 2.09. The fraction of sp³-hybridized carbons (Fsp3) is 1.00. The van der Waals surface area contributed by atoms with E-state index in [9.17, 15) is 14.2 Å². The van der Waals surface area contributed by atoms with Crippen molar-refractivity contribution >= 4 is 16.5 Å². The molecule has 0 aliphatic rings. The highest BCUT2D eigenvalue weighted by molar-refractivity contribution is 7.33. The summed E-state index contributed by atoms with van der Waals surface area (Å²) in [5.74, 6) is -1.99. The van der Waals surface area contributed by atoms with Crippen LogP contribution in [0.4, 0.5) is 0 Å². The molecular formula is C8H18O7P2+2. The van der Waals surface area contributed by atoms with E-state index < -0.39 is 22.5 Å². The molecule has 0 saturated heterocycles. The molecule has 3 N–H and O–H groups in total. The Kier molecular flexibility index (Phi) is 8.16. The normalized spacial score (nSPS) is 16.8. The van der Waals surface area contributed by atoms with Crippen molar-refractivity contribution in [2.24, 2.45) is 5.92 Å². The van der Waals surface area contributed by atoms with Crippen LogP contribution in [0.2, 0.25) is 0 Å². The first kappa shape index (κ1) is 17.0. The lowest BCUT2D eigenvalue weighted by molar-refractivity contribution is -0.277. The summed E-state index contributed by atoms with van der Waals surface area (Å²) < 4.78 is 29.3. The third-order valence-electron chi connectivity index (χ3n) is 1.97. The van der Waals surface area contributed by atoms with Crippen LogP contribution in [-0.4, -0.2) is 20.9 Å². The molecule has 9 heteroatoms. The summed E-state index contributed by atoms with van der Waals surface area (Å²) in [6, 6.07) is 0. The first-order valence-corrected chi connectivity index (χ1v) is 7.44. The molecule has 0 aliphatic carbocycles. The highest BCUT2D eigenvalue weighted by atomic mass is 31.1. The highest BCUT2D eigenvalue weighted by Gasteiger charge is 2.47. The summed E-state index contributed by atoms with van der Waals surface area (Å²) in [6.45, 7) is 4.07. The van der Waals surface area contributed by atoms with Crippen LogP contribution in [0.25, 0.3) is 0 Å². The largest absolute Gasteiger partial charge is 0.700 e. The highest BCUT2D eigenvalue weighted by Crippen LogP contribution is 2.35. The van der Waals surface area contributed by atoms with Crippen LogP contribution in [0.15, 0.2) is 0 Å². The molecule has 0 aromatic carbocycles. The Hall–Kier alpha value is -0.0000000000000000763. The van der Waals surface area contributed by atoms with Gasteiger partial charge in [0.25, 0.3) is 0 Å². The predicted octanol–water partition coefficient (Wildman–Crippen LogP) is 2.18. The van der Waals surface area contributed by atoms with Gasteiger partial charge in [-0.15, -0.1) is 9.79 Å². The molecule has 0 amide bonds. The number of unbranched alkanes of at least 4 members (excludes halogenated alkanes) is 1. The summed E-state index contributed by atoms with van der Waals surface area (Å²) in [5.41, 5.74) is 0. The summed E-state index contributed by atoms with van der Waals surface area (Å²) in [5, 5.41) is 9.59. The van der Waals surface area contributed by atoms with Crippen molar-refractivity contribution in [3.05, 3.63) is 0 Å². The lowest BCUT2D eigenvalue weighted by Gasteiger charge is -2.13. The molecule has 0 spiro atoms.